The summed E-state index contributed by atoms with van der Waals surface area (Å²) >= 11 is 6.19. The van der Waals surface area contributed by atoms with Gasteiger partial charge in [-0.3, -0.25) is 0 Å². The average Bonchev–Trinajstić information content (AvgIpc) is 2.55. The molecule has 1 aliphatic rings. The van der Waals surface area contributed by atoms with Crippen LogP contribution in [0.4, 0.5) is 0 Å². The van der Waals surface area contributed by atoms with Crippen molar-refractivity contribution in [3.63, 3.8) is 0 Å². The van der Waals surface area contributed by atoms with Crippen LogP contribution in [0.3, 0.4) is 0 Å². The van der Waals surface area contributed by atoms with Gasteiger partial charge in [0, 0.05) is 11.6 Å². The normalized spacial score (nSPS) is 23.7. The van der Waals surface area contributed by atoms with Crippen molar-refractivity contribution in [3.8, 4) is 0 Å². The number of hydrogen-bond acceptors (Lipinski definition) is 1. The Kier molecular flexibility index (Phi) is 4.62. The molecular formula is C19H22ClN. The van der Waals surface area contributed by atoms with Crippen molar-refractivity contribution in [1.29, 1.82) is 0 Å². The lowest BCUT2D eigenvalue weighted by atomic mass is 9.72. The summed E-state index contributed by atoms with van der Waals surface area (Å²) in [6.45, 7) is 4.52. The van der Waals surface area contributed by atoms with Gasteiger partial charge in [-0.15, -0.1) is 0 Å². The highest BCUT2D eigenvalue weighted by atomic mass is 35.5. The lowest BCUT2D eigenvalue weighted by molar-refractivity contribution is 0.285. The Morgan fingerprint density at radius 3 is 2.67 bits per heavy atom. The standard InChI is InChI=1S/C19H22ClN/c1-14(15-6-3-2-4-7-15)18-10-11-21-13-19(18)16-8-5-9-17(20)12-16/h2-9,12,14,18-19,21H,10-11,13H2,1H3. The monoisotopic (exact) mass is 299 g/mol. The SMILES string of the molecule is CC(c1ccccc1)C1CCNCC1c1cccc(Cl)c1. The summed E-state index contributed by atoms with van der Waals surface area (Å²) in [5.41, 5.74) is 2.80. The van der Waals surface area contributed by atoms with Gasteiger partial charge in [0.2, 0.25) is 0 Å². The zero-order valence-corrected chi connectivity index (χ0v) is 13.2. The van der Waals surface area contributed by atoms with Crippen LogP contribution in [0.5, 0.6) is 0 Å². The fourth-order valence-electron chi connectivity index (χ4n) is 3.58. The average molecular weight is 300 g/mol. The van der Waals surface area contributed by atoms with Gasteiger partial charge in [-0.1, -0.05) is 61.0 Å². The molecule has 2 aromatic carbocycles. The number of piperidine rings is 1. The molecule has 2 aromatic rings. The molecule has 0 radical (unpaired) electrons. The first kappa shape index (κ1) is 14.6. The van der Waals surface area contributed by atoms with Gasteiger partial charge < -0.3 is 5.32 Å². The Morgan fingerprint density at radius 2 is 1.90 bits per heavy atom. The maximum Gasteiger partial charge on any atom is 0.0408 e. The van der Waals surface area contributed by atoms with Crippen molar-refractivity contribution in [2.24, 2.45) is 5.92 Å². The summed E-state index contributed by atoms with van der Waals surface area (Å²) in [4.78, 5) is 0. The largest absolute Gasteiger partial charge is 0.316 e. The summed E-state index contributed by atoms with van der Waals surface area (Å²) < 4.78 is 0. The maximum absolute atomic E-state index is 6.19. The van der Waals surface area contributed by atoms with E-state index in [1.165, 1.54) is 17.5 Å². The Hall–Kier alpha value is -1.31. The Balaban J connectivity index is 1.88. The molecule has 1 saturated heterocycles. The van der Waals surface area contributed by atoms with Crippen molar-refractivity contribution in [3.05, 3.63) is 70.7 Å². The molecule has 0 aliphatic carbocycles. The maximum atomic E-state index is 6.19. The van der Waals surface area contributed by atoms with Gasteiger partial charge in [-0.2, -0.15) is 0 Å². The molecule has 0 saturated carbocycles. The quantitative estimate of drug-likeness (QED) is 0.855. The van der Waals surface area contributed by atoms with Crippen LogP contribution in [0, 0.1) is 5.92 Å². The minimum atomic E-state index is 0.535. The molecule has 1 aliphatic heterocycles. The zero-order chi connectivity index (χ0) is 14.7. The van der Waals surface area contributed by atoms with Gasteiger partial charge in [0.05, 0.1) is 0 Å². The highest BCUT2D eigenvalue weighted by Gasteiger charge is 2.31. The second-order valence-corrected chi connectivity index (χ2v) is 6.45. The molecule has 3 rings (SSSR count). The second kappa shape index (κ2) is 6.64. The molecule has 0 amide bonds. The number of nitrogens with one attached hydrogen (secondary N) is 1. The summed E-state index contributed by atoms with van der Waals surface area (Å²) in [6, 6.07) is 19.2. The van der Waals surface area contributed by atoms with E-state index in [1.54, 1.807) is 0 Å². The molecule has 3 unspecified atom stereocenters. The van der Waals surface area contributed by atoms with Crippen LogP contribution >= 0.6 is 11.6 Å². The van der Waals surface area contributed by atoms with E-state index in [9.17, 15) is 0 Å². The number of halogens is 1. The van der Waals surface area contributed by atoms with Gasteiger partial charge in [0.15, 0.2) is 0 Å². The van der Waals surface area contributed by atoms with Gasteiger partial charge in [-0.25, -0.2) is 0 Å². The molecule has 1 N–H and O–H groups in total. The third-order valence-electron chi connectivity index (χ3n) is 4.78. The topological polar surface area (TPSA) is 12.0 Å². The molecule has 1 nitrogen and oxygen atoms in total. The molecule has 21 heavy (non-hydrogen) atoms. The van der Waals surface area contributed by atoms with Crippen LogP contribution in [-0.4, -0.2) is 13.1 Å². The Bertz CT molecular complexity index is 581. The van der Waals surface area contributed by atoms with Crippen molar-refractivity contribution >= 4 is 11.6 Å². The van der Waals surface area contributed by atoms with Crippen LogP contribution in [0.25, 0.3) is 0 Å². The van der Waals surface area contributed by atoms with Crippen molar-refractivity contribution in [1.82, 2.24) is 5.32 Å². The molecule has 1 heterocycles. The fraction of sp³-hybridized carbons (Fsp3) is 0.368. The first-order chi connectivity index (χ1) is 10.3. The number of hydrogen-bond donors (Lipinski definition) is 1. The summed E-state index contributed by atoms with van der Waals surface area (Å²) in [6.07, 6.45) is 1.22. The number of rotatable bonds is 3. The van der Waals surface area contributed by atoms with E-state index in [0.29, 0.717) is 17.8 Å². The lowest BCUT2D eigenvalue weighted by Crippen LogP contribution is -2.37. The smallest absolute Gasteiger partial charge is 0.0408 e. The van der Waals surface area contributed by atoms with E-state index in [-0.39, 0.29) is 0 Å². The van der Waals surface area contributed by atoms with Crippen LogP contribution < -0.4 is 5.32 Å². The third kappa shape index (κ3) is 3.30. The van der Waals surface area contributed by atoms with E-state index >= 15 is 0 Å². The van der Waals surface area contributed by atoms with Gasteiger partial charge in [0.1, 0.15) is 0 Å². The van der Waals surface area contributed by atoms with Gasteiger partial charge in [-0.05, 0) is 54.0 Å². The van der Waals surface area contributed by atoms with Crippen molar-refractivity contribution in [2.45, 2.75) is 25.2 Å². The molecular weight excluding hydrogens is 278 g/mol. The minimum Gasteiger partial charge on any atom is -0.316 e. The third-order valence-corrected chi connectivity index (χ3v) is 5.02. The van der Waals surface area contributed by atoms with Crippen LogP contribution in [-0.2, 0) is 0 Å². The van der Waals surface area contributed by atoms with E-state index in [1.807, 2.05) is 6.07 Å². The minimum absolute atomic E-state index is 0.535. The second-order valence-electron chi connectivity index (χ2n) is 6.02. The van der Waals surface area contributed by atoms with Crippen LogP contribution in [0.15, 0.2) is 54.6 Å². The molecule has 0 aromatic heterocycles. The number of benzene rings is 2. The first-order valence-electron chi connectivity index (χ1n) is 7.77. The van der Waals surface area contributed by atoms with E-state index in [0.717, 1.165) is 18.1 Å². The fourth-order valence-corrected chi connectivity index (χ4v) is 3.78. The Morgan fingerprint density at radius 1 is 1.10 bits per heavy atom. The Labute approximate surface area is 132 Å². The van der Waals surface area contributed by atoms with E-state index in [2.05, 4.69) is 60.8 Å². The predicted octanol–water partition coefficient (Wildman–Crippen LogP) is 4.84. The summed E-state index contributed by atoms with van der Waals surface area (Å²) in [5.74, 6) is 1.76. The molecule has 1 fully saturated rings. The lowest BCUT2D eigenvalue weighted by Gasteiger charge is -2.37. The molecule has 110 valence electrons. The first-order valence-corrected chi connectivity index (χ1v) is 8.14. The predicted molar refractivity (Wildman–Crippen MR) is 90.0 cm³/mol. The van der Waals surface area contributed by atoms with E-state index in [4.69, 9.17) is 11.6 Å². The molecule has 3 atom stereocenters. The molecule has 2 heteroatoms. The summed E-state index contributed by atoms with van der Waals surface area (Å²) in [5, 5.41) is 4.38. The zero-order valence-electron chi connectivity index (χ0n) is 12.4. The molecule has 0 spiro atoms. The summed E-state index contributed by atoms with van der Waals surface area (Å²) in [7, 11) is 0. The highest BCUT2D eigenvalue weighted by Crippen LogP contribution is 2.39. The van der Waals surface area contributed by atoms with Crippen molar-refractivity contribution in [2.75, 3.05) is 13.1 Å². The van der Waals surface area contributed by atoms with Crippen LogP contribution in [0.2, 0.25) is 5.02 Å². The van der Waals surface area contributed by atoms with Crippen LogP contribution in [0.1, 0.15) is 36.3 Å². The van der Waals surface area contributed by atoms with E-state index < -0.39 is 0 Å². The van der Waals surface area contributed by atoms with Crippen molar-refractivity contribution < 1.29 is 0 Å². The van der Waals surface area contributed by atoms with Gasteiger partial charge in [0.25, 0.3) is 0 Å². The van der Waals surface area contributed by atoms with Gasteiger partial charge >= 0.3 is 0 Å². The molecule has 0 bridgehead atoms. The highest BCUT2D eigenvalue weighted by molar-refractivity contribution is 6.30.